The third-order valence-electron chi connectivity index (χ3n) is 3.50. The minimum Gasteiger partial charge on any atom is -0.395 e. The topological polar surface area (TPSA) is 110 Å². The Morgan fingerprint density at radius 3 is 2.86 bits per heavy atom. The summed E-state index contributed by atoms with van der Waals surface area (Å²) in [6.07, 6.45) is 0. The minimum absolute atomic E-state index is 0.0227. The van der Waals surface area contributed by atoms with Crippen LogP contribution in [0.3, 0.4) is 0 Å². The van der Waals surface area contributed by atoms with Gasteiger partial charge in [-0.15, -0.1) is 0 Å². The van der Waals surface area contributed by atoms with Crippen LogP contribution in [-0.4, -0.2) is 46.1 Å². The first-order valence-electron chi connectivity index (χ1n) is 6.68. The molecule has 0 spiro atoms. The van der Waals surface area contributed by atoms with Crippen molar-refractivity contribution in [2.24, 2.45) is 0 Å². The van der Waals surface area contributed by atoms with Gasteiger partial charge in [0.25, 0.3) is 5.89 Å². The van der Waals surface area contributed by atoms with E-state index in [0.29, 0.717) is 5.82 Å². The van der Waals surface area contributed by atoms with E-state index in [0.717, 1.165) is 26.2 Å². The van der Waals surface area contributed by atoms with Crippen molar-refractivity contribution >= 4 is 5.88 Å². The fourth-order valence-electron chi connectivity index (χ4n) is 2.28. The van der Waals surface area contributed by atoms with Gasteiger partial charge in [-0.2, -0.15) is 4.98 Å². The van der Waals surface area contributed by atoms with E-state index in [2.05, 4.69) is 20.4 Å². The second kappa shape index (κ2) is 5.62. The highest BCUT2D eigenvalue weighted by molar-refractivity contribution is 5.46. The lowest BCUT2D eigenvalue weighted by Gasteiger charge is -2.30. The van der Waals surface area contributed by atoms with Gasteiger partial charge in [0.2, 0.25) is 0 Å². The van der Waals surface area contributed by atoms with Gasteiger partial charge in [0, 0.05) is 26.2 Å². The molecule has 0 aromatic carbocycles. The highest BCUT2D eigenvalue weighted by atomic mass is 16.6. The van der Waals surface area contributed by atoms with E-state index in [1.165, 1.54) is 12.1 Å². The van der Waals surface area contributed by atoms with E-state index in [9.17, 15) is 10.1 Å². The highest BCUT2D eigenvalue weighted by Gasteiger charge is 2.24. The molecule has 1 aliphatic rings. The van der Waals surface area contributed by atoms with Crippen LogP contribution >= 0.6 is 0 Å². The van der Waals surface area contributed by atoms with Crippen LogP contribution in [0.4, 0.5) is 5.88 Å². The zero-order valence-electron chi connectivity index (χ0n) is 11.5. The van der Waals surface area contributed by atoms with Gasteiger partial charge < -0.3 is 14.3 Å². The molecule has 0 amide bonds. The number of hydrogen-bond acceptors (Lipinski definition) is 8. The van der Waals surface area contributed by atoms with Gasteiger partial charge in [-0.1, -0.05) is 5.16 Å². The van der Waals surface area contributed by atoms with Gasteiger partial charge in [-0.25, -0.2) is 0 Å². The van der Waals surface area contributed by atoms with Crippen LogP contribution in [-0.2, 0) is 0 Å². The summed E-state index contributed by atoms with van der Waals surface area (Å²) in [5.74, 6) is 0.555. The lowest BCUT2D eigenvalue weighted by Crippen LogP contribution is -2.44. The first kappa shape index (κ1) is 13.7. The fraction of sp³-hybridized carbons (Fsp3) is 0.500. The van der Waals surface area contributed by atoms with Crippen LogP contribution in [0.25, 0.3) is 11.7 Å². The number of nitrogens with one attached hydrogen (secondary N) is 1. The Hall–Kier alpha value is -2.26. The van der Waals surface area contributed by atoms with E-state index in [1.807, 2.05) is 6.92 Å². The molecule has 1 N–H and O–H groups in total. The Labute approximate surface area is 120 Å². The zero-order valence-corrected chi connectivity index (χ0v) is 11.5. The summed E-state index contributed by atoms with van der Waals surface area (Å²) in [5, 5.41) is 17.8. The van der Waals surface area contributed by atoms with Crippen molar-refractivity contribution < 1.29 is 13.9 Å². The predicted molar refractivity (Wildman–Crippen MR) is 71.5 cm³/mol. The Kier molecular flexibility index (Phi) is 3.67. The van der Waals surface area contributed by atoms with Crippen LogP contribution in [0, 0.1) is 10.1 Å². The number of nitrogens with zero attached hydrogens (tertiary/aromatic N) is 4. The molecule has 2 aromatic heterocycles. The summed E-state index contributed by atoms with van der Waals surface area (Å²) in [5.41, 5.74) is 0. The average molecular weight is 293 g/mol. The molecule has 9 nitrogen and oxygen atoms in total. The summed E-state index contributed by atoms with van der Waals surface area (Å²) in [4.78, 5) is 16.5. The molecule has 1 atom stereocenters. The van der Waals surface area contributed by atoms with Crippen molar-refractivity contribution in [1.29, 1.82) is 0 Å². The van der Waals surface area contributed by atoms with Gasteiger partial charge in [0.15, 0.2) is 11.6 Å². The maximum absolute atomic E-state index is 10.6. The van der Waals surface area contributed by atoms with Crippen LogP contribution in [0.2, 0.25) is 0 Å². The highest BCUT2D eigenvalue weighted by Crippen LogP contribution is 2.26. The molecule has 9 heteroatoms. The van der Waals surface area contributed by atoms with Crippen LogP contribution in [0.5, 0.6) is 0 Å². The number of rotatable bonds is 4. The molecule has 1 unspecified atom stereocenters. The molecule has 1 saturated heterocycles. The fourth-order valence-corrected chi connectivity index (χ4v) is 2.28. The first-order chi connectivity index (χ1) is 10.1. The first-order valence-corrected chi connectivity index (χ1v) is 6.68. The molecule has 21 heavy (non-hydrogen) atoms. The van der Waals surface area contributed by atoms with E-state index < -0.39 is 4.92 Å². The molecule has 0 aliphatic carbocycles. The largest absolute Gasteiger partial charge is 0.433 e. The lowest BCUT2D eigenvalue weighted by molar-refractivity contribution is -0.401. The lowest BCUT2D eigenvalue weighted by atomic mass is 10.2. The van der Waals surface area contributed by atoms with E-state index >= 15 is 0 Å². The molecule has 2 aromatic rings. The number of furan rings is 1. The minimum atomic E-state index is -0.607. The molecule has 112 valence electrons. The second-order valence-electron chi connectivity index (χ2n) is 4.81. The second-order valence-corrected chi connectivity index (χ2v) is 4.81. The maximum Gasteiger partial charge on any atom is 0.433 e. The molecule has 3 heterocycles. The third-order valence-corrected chi connectivity index (χ3v) is 3.50. The Morgan fingerprint density at radius 2 is 2.19 bits per heavy atom. The normalized spacial score (nSPS) is 17.8. The quantitative estimate of drug-likeness (QED) is 0.661. The summed E-state index contributed by atoms with van der Waals surface area (Å²) >= 11 is 0. The smallest absolute Gasteiger partial charge is 0.395 e. The number of piperazine rings is 1. The number of hydrogen-bond donors (Lipinski definition) is 1. The Balaban J connectivity index is 1.77. The Bertz CT molecular complexity index is 631. The molecular formula is C12H15N5O4. The zero-order chi connectivity index (χ0) is 14.8. The molecule has 0 saturated carbocycles. The van der Waals surface area contributed by atoms with Crippen molar-refractivity contribution in [3.05, 3.63) is 28.1 Å². The van der Waals surface area contributed by atoms with E-state index in [1.54, 1.807) is 0 Å². The molecule has 3 rings (SSSR count). The van der Waals surface area contributed by atoms with Crippen molar-refractivity contribution in [3.63, 3.8) is 0 Å². The SMILES string of the molecule is CC(c1noc(-c2ccc([N+](=O)[O-])o2)n1)N1CCNCC1. The standard InChI is InChI=1S/C12H15N5O4/c1-8(16-6-4-13-5-7-16)11-14-12(21-15-11)9-2-3-10(20-9)17(18)19/h2-3,8,13H,4-7H2,1H3. The summed E-state index contributed by atoms with van der Waals surface area (Å²) in [7, 11) is 0. The van der Waals surface area contributed by atoms with E-state index in [4.69, 9.17) is 8.94 Å². The maximum atomic E-state index is 10.6. The summed E-state index contributed by atoms with van der Waals surface area (Å²) in [6, 6.07) is 2.73. The summed E-state index contributed by atoms with van der Waals surface area (Å²) in [6.45, 7) is 5.69. The average Bonchev–Trinajstić information content (AvgIpc) is 3.16. The van der Waals surface area contributed by atoms with Gasteiger partial charge in [-0.3, -0.25) is 15.0 Å². The van der Waals surface area contributed by atoms with E-state index in [-0.39, 0.29) is 23.6 Å². The molecule has 0 radical (unpaired) electrons. The Morgan fingerprint density at radius 1 is 1.43 bits per heavy atom. The van der Waals surface area contributed by atoms with Crippen molar-refractivity contribution in [1.82, 2.24) is 20.4 Å². The van der Waals surface area contributed by atoms with Gasteiger partial charge >= 0.3 is 5.88 Å². The van der Waals surface area contributed by atoms with Gasteiger partial charge in [0.1, 0.15) is 4.92 Å². The van der Waals surface area contributed by atoms with Crippen LogP contribution in [0.15, 0.2) is 21.1 Å². The van der Waals surface area contributed by atoms with Gasteiger partial charge in [0.05, 0.1) is 12.1 Å². The summed E-state index contributed by atoms with van der Waals surface area (Å²) < 4.78 is 10.2. The van der Waals surface area contributed by atoms with Crippen LogP contribution in [0.1, 0.15) is 18.8 Å². The molecule has 1 fully saturated rings. The monoisotopic (exact) mass is 293 g/mol. The number of aromatic nitrogens is 2. The predicted octanol–water partition coefficient (Wildman–Crippen LogP) is 1.20. The van der Waals surface area contributed by atoms with Crippen molar-refractivity contribution in [2.75, 3.05) is 26.2 Å². The molecule has 1 aliphatic heterocycles. The third kappa shape index (κ3) is 2.78. The number of nitro groups is 1. The molecule has 0 bridgehead atoms. The van der Waals surface area contributed by atoms with Crippen molar-refractivity contribution in [3.8, 4) is 11.7 Å². The molecular weight excluding hydrogens is 278 g/mol. The van der Waals surface area contributed by atoms with Gasteiger partial charge in [-0.05, 0) is 13.0 Å². The van der Waals surface area contributed by atoms with Crippen molar-refractivity contribution in [2.45, 2.75) is 13.0 Å². The van der Waals surface area contributed by atoms with Crippen LogP contribution < -0.4 is 5.32 Å².